The lowest BCUT2D eigenvalue weighted by Crippen LogP contribution is -2.33. The lowest BCUT2D eigenvalue weighted by atomic mass is 10.2. The normalized spacial score (nSPS) is 11.6. The molecule has 8 heteroatoms. The Morgan fingerprint density at radius 3 is 2.58 bits per heavy atom. The average Bonchev–Trinajstić information content (AvgIpc) is 2.29. The summed E-state index contributed by atoms with van der Waals surface area (Å²) >= 11 is 5.82. The van der Waals surface area contributed by atoms with Gasteiger partial charge in [-0.15, -0.1) is 0 Å². The second kappa shape index (κ2) is 6.23. The summed E-state index contributed by atoms with van der Waals surface area (Å²) in [7, 11) is -3.77. The Balaban J connectivity index is 2.92. The molecule has 0 aromatic heterocycles. The predicted molar refractivity (Wildman–Crippen MR) is 73.8 cm³/mol. The summed E-state index contributed by atoms with van der Waals surface area (Å²) in [6.45, 7) is 3.99. The van der Waals surface area contributed by atoms with E-state index in [9.17, 15) is 13.2 Å². The minimum absolute atomic E-state index is 0.0258. The molecule has 0 aliphatic carbocycles. The van der Waals surface area contributed by atoms with Crippen LogP contribution in [-0.2, 0) is 10.2 Å². The minimum atomic E-state index is -3.77. The highest BCUT2D eigenvalue weighted by Crippen LogP contribution is 2.23. The Morgan fingerprint density at radius 1 is 1.42 bits per heavy atom. The van der Waals surface area contributed by atoms with Crippen molar-refractivity contribution >= 4 is 33.5 Å². The van der Waals surface area contributed by atoms with Gasteiger partial charge in [-0.25, -0.2) is 4.79 Å². The Hall–Kier alpha value is -1.31. The Labute approximate surface area is 117 Å². The maximum atomic E-state index is 11.7. The quantitative estimate of drug-likeness (QED) is 0.748. The molecule has 6 nitrogen and oxygen atoms in total. The highest BCUT2D eigenvalue weighted by molar-refractivity contribution is 7.90. The van der Waals surface area contributed by atoms with Crippen LogP contribution in [0.1, 0.15) is 24.2 Å². The number of rotatable bonds is 6. The second-order valence-corrected chi connectivity index (χ2v) is 6.25. The molecule has 0 heterocycles. The molecule has 19 heavy (non-hydrogen) atoms. The van der Waals surface area contributed by atoms with Gasteiger partial charge in [-0.3, -0.25) is 4.72 Å². The van der Waals surface area contributed by atoms with Crippen LogP contribution in [0.5, 0.6) is 0 Å². The van der Waals surface area contributed by atoms with Gasteiger partial charge >= 0.3 is 5.97 Å². The number of carboxylic acids is 1. The van der Waals surface area contributed by atoms with Crippen LogP contribution in [-0.4, -0.2) is 26.0 Å². The Bertz CT molecular complexity index is 572. The van der Waals surface area contributed by atoms with E-state index in [0.717, 1.165) is 0 Å². The molecule has 0 atom stereocenters. The second-order valence-electron chi connectivity index (χ2n) is 4.35. The van der Waals surface area contributed by atoms with Gasteiger partial charge in [0.05, 0.1) is 16.3 Å². The monoisotopic (exact) mass is 306 g/mol. The summed E-state index contributed by atoms with van der Waals surface area (Å²) in [5, 5.41) is 8.96. The van der Waals surface area contributed by atoms with Crippen molar-refractivity contribution in [3.8, 4) is 0 Å². The van der Waals surface area contributed by atoms with Crippen LogP contribution in [0.25, 0.3) is 0 Å². The number of benzene rings is 1. The predicted octanol–water partition coefficient (Wildman–Crippen LogP) is 1.94. The molecule has 0 aliphatic heterocycles. The van der Waals surface area contributed by atoms with Crippen LogP contribution in [0.2, 0.25) is 5.02 Å². The number of aromatic carboxylic acids is 1. The summed E-state index contributed by atoms with van der Waals surface area (Å²) in [5.41, 5.74) is -0.0243. The van der Waals surface area contributed by atoms with Gasteiger partial charge in [0.2, 0.25) is 0 Å². The van der Waals surface area contributed by atoms with E-state index in [1.165, 1.54) is 18.2 Å². The molecular formula is C11H15ClN2O4S. The van der Waals surface area contributed by atoms with Gasteiger partial charge < -0.3 is 5.11 Å². The molecule has 1 aromatic carbocycles. The zero-order chi connectivity index (χ0) is 14.6. The maximum Gasteiger partial charge on any atom is 0.335 e. The maximum absolute atomic E-state index is 11.7. The van der Waals surface area contributed by atoms with Crippen molar-refractivity contribution in [3.05, 3.63) is 28.8 Å². The van der Waals surface area contributed by atoms with Gasteiger partial charge in [0, 0.05) is 6.54 Å². The van der Waals surface area contributed by atoms with Gasteiger partial charge in [-0.1, -0.05) is 25.4 Å². The molecule has 0 spiro atoms. The van der Waals surface area contributed by atoms with E-state index in [1.54, 1.807) is 0 Å². The van der Waals surface area contributed by atoms with Crippen molar-refractivity contribution in [1.29, 1.82) is 0 Å². The lowest BCUT2D eigenvalue weighted by molar-refractivity contribution is 0.0697. The SMILES string of the molecule is CC(C)CNS(=O)(=O)Nc1cc(C(=O)O)ccc1Cl. The highest BCUT2D eigenvalue weighted by atomic mass is 35.5. The number of halogens is 1. The molecule has 0 amide bonds. The topological polar surface area (TPSA) is 95.5 Å². The third kappa shape index (κ3) is 5.06. The molecule has 1 rings (SSSR count). The van der Waals surface area contributed by atoms with E-state index in [0.29, 0.717) is 0 Å². The van der Waals surface area contributed by atoms with Crippen LogP contribution in [0.15, 0.2) is 18.2 Å². The smallest absolute Gasteiger partial charge is 0.335 e. The van der Waals surface area contributed by atoms with E-state index in [1.807, 2.05) is 13.8 Å². The van der Waals surface area contributed by atoms with E-state index in [4.69, 9.17) is 16.7 Å². The first-order chi connectivity index (χ1) is 8.71. The molecule has 0 saturated heterocycles. The molecule has 0 bridgehead atoms. The molecule has 3 N–H and O–H groups in total. The van der Waals surface area contributed by atoms with E-state index >= 15 is 0 Å². The molecule has 0 saturated carbocycles. The summed E-state index contributed by atoms with van der Waals surface area (Å²) in [4.78, 5) is 10.8. The summed E-state index contributed by atoms with van der Waals surface area (Å²) < 4.78 is 28.0. The number of carbonyl (C=O) groups is 1. The third-order valence-electron chi connectivity index (χ3n) is 2.14. The first kappa shape index (κ1) is 15.7. The molecule has 0 aliphatic rings. The summed E-state index contributed by atoms with van der Waals surface area (Å²) in [5.74, 6) is -1.01. The lowest BCUT2D eigenvalue weighted by Gasteiger charge is -2.12. The summed E-state index contributed by atoms with van der Waals surface area (Å²) in [6, 6.07) is 3.79. The largest absolute Gasteiger partial charge is 0.478 e. The van der Waals surface area contributed by atoms with Crippen molar-refractivity contribution in [2.75, 3.05) is 11.3 Å². The number of hydrogen-bond donors (Lipinski definition) is 3. The average molecular weight is 307 g/mol. The van der Waals surface area contributed by atoms with Gasteiger partial charge in [0.1, 0.15) is 0 Å². The Kier molecular flexibility index (Phi) is 5.16. The van der Waals surface area contributed by atoms with Gasteiger partial charge in [0.25, 0.3) is 10.2 Å². The first-order valence-electron chi connectivity index (χ1n) is 5.51. The van der Waals surface area contributed by atoms with Gasteiger partial charge in [-0.05, 0) is 24.1 Å². The standard InChI is InChI=1S/C11H15ClN2O4S/c1-7(2)6-13-19(17,18)14-10-5-8(11(15)16)3-4-9(10)12/h3-5,7,13-14H,6H2,1-2H3,(H,15,16). The number of nitrogens with one attached hydrogen (secondary N) is 2. The minimum Gasteiger partial charge on any atom is -0.478 e. The van der Waals surface area contributed by atoms with Crippen LogP contribution in [0.3, 0.4) is 0 Å². The molecule has 0 radical (unpaired) electrons. The number of hydrogen-bond acceptors (Lipinski definition) is 3. The van der Waals surface area contributed by atoms with E-state index in [2.05, 4.69) is 9.44 Å². The highest BCUT2D eigenvalue weighted by Gasteiger charge is 2.14. The Morgan fingerprint density at radius 2 is 2.05 bits per heavy atom. The molecule has 1 aromatic rings. The van der Waals surface area contributed by atoms with Gasteiger partial charge in [-0.2, -0.15) is 13.1 Å². The van der Waals surface area contributed by atoms with Crippen LogP contribution >= 0.6 is 11.6 Å². The summed E-state index contributed by atoms with van der Waals surface area (Å²) in [6.07, 6.45) is 0. The molecule has 106 valence electrons. The van der Waals surface area contributed by atoms with Crippen LogP contribution in [0.4, 0.5) is 5.69 Å². The van der Waals surface area contributed by atoms with Crippen LogP contribution < -0.4 is 9.44 Å². The fraction of sp³-hybridized carbons (Fsp3) is 0.364. The van der Waals surface area contributed by atoms with Crippen molar-refractivity contribution in [1.82, 2.24) is 4.72 Å². The first-order valence-corrected chi connectivity index (χ1v) is 7.37. The molecule has 0 fully saturated rings. The fourth-order valence-corrected chi connectivity index (χ4v) is 2.50. The van der Waals surface area contributed by atoms with Crippen molar-refractivity contribution in [2.45, 2.75) is 13.8 Å². The van der Waals surface area contributed by atoms with E-state index in [-0.39, 0.29) is 28.7 Å². The number of anilines is 1. The van der Waals surface area contributed by atoms with Crippen LogP contribution in [0, 0.1) is 5.92 Å². The van der Waals surface area contributed by atoms with Crippen molar-refractivity contribution in [2.24, 2.45) is 5.92 Å². The van der Waals surface area contributed by atoms with Gasteiger partial charge in [0.15, 0.2) is 0 Å². The molecular weight excluding hydrogens is 292 g/mol. The zero-order valence-electron chi connectivity index (χ0n) is 10.5. The van der Waals surface area contributed by atoms with Crippen molar-refractivity contribution in [3.63, 3.8) is 0 Å². The zero-order valence-corrected chi connectivity index (χ0v) is 12.0. The molecule has 0 unspecified atom stereocenters. The number of carboxylic acid groups (broad SMARTS) is 1. The fourth-order valence-electron chi connectivity index (χ4n) is 1.19. The van der Waals surface area contributed by atoms with E-state index < -0.39 is 16.2 Å². The van der Waals surface area contributed by atoms with Crippen molar-refractivity contribution < 1.29 is 18.3 Å². The third-order valence-corrected chi connectivity index (χ3v) is 3.50.